The monoisotopic (exact) mass is 525 g/mol. The zero-order valence-corrected chi connectivity index (χ0v) is 20.7. The third kappa shape index (κ3) is 7.31. The molecule has 12 heteroatoms. The number of carbonyl (C=O) groups excluding carboxylic acids is 3. The highest BCUT2D eigenvalue weighted by Crippen LogP contribution is 2.19. The molecule has 12 nitrogen and oxygen atoms in total. The molecule has 9 N–H and O–H groups in total. The summed E-state index contributed by atoms with van der Waals surface area (Å²) in [5, 5.41) is 37.0. The van der Waals surface area contributed by atoms with Crippen LogP contribution in [-0.2, 0) is 32.0 Å². The molecule has 1 heterocycles. The fourth-order valence-electron chi connectivity index (χ4n) is 3.84. The van der Waals surface area contributed by atoms with Crippen LogP contribution in [0.5, 0.6) is 5.75 Å². The van der Waals surface area contributed by atoms with Crippen LogP contribution in [0.15, 0.2) is 54.7 Å². The number of phenols is 1. The van der Waals surface area contributed by atoms with Crippen molar-refractivity contribution in [3.63, 3.8) is 0 Å². The maximum atomic E-state index is 13.0. The van der Waals surface area contributed by atoms with Crippen molar-refractivity contribution in [3.8, 4) is 5.75 Å². The summed E-state index contributed by atoms with van der Waals surface area (Å²) in [5.41, 5.74) is 7.69. The number of hydrogen-bond acceptors (Lipinski definition) is 7. The first-order valence-corrected chi connectivity index (χ1v) is 11.9. The molecule has 4 unspecified atom stereocenters. The van der Waals surface area contributed by atoms with Crippen molar-refractivity contribution in [2.45, 2.75) is 43.9 Å². The zero-order valence-electron chi connectivity index (χ0n) is 20.7. The summed E-state index contributed by atoms with van der Waals surface area (Å²) >= 11 is 0. The number of carboxylic acid groups (broad SMARTS) is 1. The van der Waals surface area contributed by atoms with E-state index in [0.717, 1.165) is 10.9 Å². The van der Waals surface area contributed by atoms with E-state index >= 15 is 0 Å². The predicted octanol–water partition coefficient (Wildman–Crippen LogP) is -0.463. The number of hydrogen-bond donors (Lipinski definition) is 8. The van der Waals surface area contributed by atoms with E-state index in [1.165, 1.54) is 19.1 Å². The van der Waals surface area contributed by atoms with Gasteiger partial charge in [-0.2, -0.15) is 0 Å². The lowest BCUT2D eigenvalue weighted by Crippen LogP contribution is -2.58. The molecular weight excluding hydrogens is 494 g/mol. The highest BCUT2D eigenvalue weighted by Gasteiger charge is 2.30. The molecule has 0 spiro atoms. The third-order valence-corrected chi connectivity index (χ3v) is 5.95. The quantitative estimate of drug-likeness (QED) is 0.155. The minimum absolute atomic E-state index is 0.00263. The number of aliphatic hydroxyl groups excluding tert-OH is 1. The smallest absolute Gasteiger partial charge is 0.326 e. The third-order valence-electron chi connectivity index (χ3n) is 5.95. The van der Waals surface area contributed by atoms with E-state index in [2.05, 4.69) is 20.9 Å². The van der Waals surface area contributed by atoms with Crippen LogP contribution in [0.25, 0.3) is 10.9 Å². The van der Waals surface area contributed by atoms with Crippen LogP contribution in [0, 0.1) is 0 Å². The van der Waals surface area contributed by atoms with Gasteiger partial charge < -0.3 is 42.0 Å². The van der Waals surface area contributed by atoms with E-state index in [9.17, 15) is 34.5 Å². The van der Waals surface area contributed by atoms with Gasteiger partial charge in [-0.3, -0.25) is 14.4 Å². The number of nitrogens with one attached hydrogen (secondary N) is 4. The lowest BCUT2D eigenvalue weighted by molar-refractivity contribution is -0.142. The van der Waals surface area contributed by atoms with Gasteiger partial charge in [0, 0.05) is 29.9 Å². The van der Waals surface area contributed by atoms with Crippen LogP contribution in [-0.4, -0.2) is 74.8 Å². The molecular formula is C26H31N5O7. The van der Waals surface area contributed by atoms with Gasteiger partial charge in [-0.15, -0.1) is 0 Å². The maximum Gasteiger partial charge on any atom is 0.326 e. The molecule has 3 amide bonds. The summed E-state index contributed by atoms with van der Waals surface area (Å²) in [7, 11) is 0. The summed E-state index contributed by atoms with van der Waals surface area (Å²) in [6, 6.07) is 8.36. The van der Waals surface area contributed by atoms with Crippen molar-refractivity contribution in [2.75, 3.05) is 6.61 Å². The van der Waals surface area contributed by atoms with Gasteiger partial charge in [0.1, 0.15) is 23.9 Å². The number of fused-ring (bicyclic) bond motifs is 1. The summed E-state index contributed by atoms with van der Waals surface area (Å²) in [5.74, 6) is -3.58. The lowest BCUT2D eigenvalue weighted by Gasteiger charge is -2.24. The van der Waals surface area contributed by atoms with Crippen molar-refractivity contribution < 1.29 is 34.5 Å². The fourth-order valence-corrected chi connectivity index (χ4v) is 3.84. The number of benzene rings is 2. The first kappa shape index (κ1) is 28.2. The van der Waals surface area contributed by atoms with Crippen LogP contribution in [0.2, 0.25) is 0 Å². The van der Waals surface area contributed by atoms with E-state index in [1.54, 1.807) is 18.3 Å². The van der Waals surface area contributed by atoms with Gasteiger partial charge in [-0.1, -0.05) is 30.3 Å². The van der Waals surface area contributed by atoms with E-state index in [-0.39, 0.29) is 18.6 Å². The minimum Gasteiger partial charge on any atom is -0.508 e. The number of aliphatic hydroxyl groups is 1. The molecule has 0 bridgehead atoms. The number of aromatic hydroxyl groups is 1. The molecule has 0 saturated carbocycles. The predicted molar refractivity (Wildman–Crippen MR) is 138 cm³/mol. The summed E-state index contributed by atoms with van der Waals surface area (Å²) in [6.07, 6.45) is 1.63. The number of para-hydroxylation sites is 1. The van der Waals surface area contributed by atoms with Gasteiger partial charge in [-0.05, 0) is 36.2 Å². The molecule has 0 aliphatic carbocycles. The minimum atomic E-state index is -1.48. The number of aromatic amines is 1. The molecule has 1 aromatic heterocycles. The highest BCUT2D eigenvalue weighted by atomic mass is 16.4. The average molecular weight is 526 g/mol. The van der Waals surface area contributed by atoms with Gasteiger partial charge >= 0.3 is 5.97 Å². The molecule has 2 aromatic carbocycles. The number of carbonyl (C=O) groups is 4. The second-order valence-electron chi connectivity index (χ2n) is 8.93. The second kappa shape index (κ2) is 12.7. The van der Waals surface area contributed by atoms with Gasteiger partial charge in [-0.25, -0.2) is 4.79 Å². The van der Waals surface area contributed by atoms with Crippen LogP contribution in [0.1, 0.15) is 18.1 Å². The molecule has 0 radical (unpaired) electrons. The maximum absolute atomic E-state index is 13.0. The zero-order chi connectivity index (χ0) is 27.8. The van der Waals surface area contributed by atoms with Gasteiger partial charge in [0.25, 0.3) is 0 Å². The number of rotatable bonds is 12. The summed E-state index contributed by atoms with van der Waals surface area (Å²) in [4.78, 5) is 53.1. The molecule has 38 heavy (non-hydrogen) atoms. The Morgan fingerprint density at radius 3 is 2.11 bits per heavy atom. The Hall–Kier alpha value is -4.42. The molecule has 4 atom stereocenters. The summed E-state index contributed by atoms with van der Waals surface area (Å²) < 4.78 is 0. The number of aliphatic carboxylic acids is 1. The molecule has 0 saturated heterocycles. The van der Waals surface area contributed by atoms with E-state index < -0.39 is 54.5 Å². The molecule has 0 fully saturated rings. The standard InChI is InChI=1S/C26H31N5O7/c1-14(27)23(34)29-20(10-15-6-8-17(33)9-7-15)24(35)31-22(13-32)25(36)30-21(26(37)38)11-16-12-28-19-5-3-2-4-18(16)19/h2-9,12,14,20-22,28,32-33H,10-11,13,27H2,1H3,(H,29,34)(H,30,36)(H,31,35)(H,37,38). The van der Waals surface area contributed by atoms with Crippen LogP contribution in [0.3, 0.4) is 0 Å². The van der Waals surface area contributed by atoms with Crippen molar-refractivity contribution >= 4 is 34.6 Å². The Labute approximate surface area is 218 Å². The molecule has 3 aromatic rings. The van der Waals surface area contributed by atoms with Crippen molar-refractivity contribution in [3.05, 3.63) is 65.9 Å². The summed E-state index contributed by atoms with van der Waals surface area (Å²) in [6.45, 7) is 0.624. The van der Waals surface area contributed by atoms with E-state index in [0.29, 0.717) is 11.1 Å². The van der Waals surface area contributed by atoms with Crippen molar-refractivity contribution in [2.24, 2.45) is 5.73 Å². The van der Waals surface area contributed by atoms with Crippen LogP contribution < -0.4 is 21.7 Å². The van der Waals surface area contributed by atoms with Gasteiger partial charge in [0.15, 0.2) is 0 Å². The molecule has 3 rings (SSSR count). The normalized spacial score (nSPS) is 14.2. The largest absolute Gasteiger partial charge is 0.508 e. The van der Waals surface area contributed by atoms with Crippen LogP contribution in [0.4, 0.5) is 0 Å². The Morgan fingerprint density at radius 1 is 0.868 bits per heavy atom. The lowest BCUT2D eigenvalue weighted by atomic mass is 10.0. The van der Waals surface area contributed by atoms with E-state index in [1.807, 2.05) is 24.3 Å². The van der Waals surface area contributed by atoms with Crippen LogP contribution >= 0.6 is 0 Å². The first-order valence-electron chi connectivity index (χ1n) is 11.9. The fraction of sp³-hybridized carbons (Fsp3) is 0.308. The number of aromatic nitrogens is 1. The number of phenolic OH excluding ortho intramolecular Hbond substituents is 1. The number of H-pyrrole nitrogens is 1. The number of nitrogens with two attached hydrogens (primary N) is 1. The van der Waals surface area contributed by atoms with Crippen molar-refractivity contribution in [1.82, 2.24) is 20.9 Å². The first-order chi connectivity index (χ1) is 18.1. The van der Waals surface area contributed by atoms with E-state index in [4.69, 9.17) is 5.73 Å². The number of amides is 3. The molecule has 0 aliphatic heterocycles. The Balaban J connectivity index is 1.71. The van der Waals surface area contributed by atoms with Crippen molar-refractivity contribution in [1.29, 1.82) is 0 Å². The SMILES string of the molecule is CC(N)C(=O)NC(Cc1ccc(O)cc1)C(=O)NC(CO)C(=O)NC(Cc1c[nH]c2ccccc12)C(=O)O. The molecule has 0 aliphatic rings. The molecule has 202 valence electrons. The van der Waals surface area contributed by atoms with Gasteiger partial charge in [0.2, 0.25) is 17.7 Å². The second-order valence-corrected chi connectivity index (χ2v) is 8.93. The Morgan fingerprint density at radius 2 is 1.47 bits per heavy atom. The highest BCUT2D eigenvalue weighted by molar-refractivity contribution is 5.94. The topological polar surface area (TPSA) is 207 Å². The Kier molecular flexibility index (Phi) is 9.41. The average Bonchev–Trinajstić information content (AvgIpc) is 3.30. The number of carboxylic acids is 1. The Bertz CT molecular complexity index is 1290. The van der Waals surface area contributed by atoms with Gasteiger partial charge in [0.05, 0.1) is 12.6 Å².